The van der Waals surface area contributed by atoms with Gasteiger partial charge in [-0.2, -0.15) is 0 Å². The quantitative estimate of drug-likeness (QED) is 0.651. The summed E-state index contributed by atoms with van der Waals surface area (Å²) in [5, 5.41) is 2.50. The molecule has 0 fully saturated rings. The van der Waals surface area contributed by atoms with Crippen LogP contribution in [0.3, 0.4) is 0 Å². The highest BCUT2D eigenvalue weighted by Gasteiger charge is 2.04. The number of rotatable bonds is 1. The number of fused-ring (bicyclic) bond motifs is 1. The first-order valence-electron chi connectivity index (χ1n) is 5.34. The van der Waals surface area contributed by atoms with E-state index >= 15 is 0 Å². The van der Waals surface area contributed by atoms with E-state index in [0.717, 1.165) is 11.4 Å². The van der Waals surface area contributed by atoms with Crippen molar-refractivity contribution in [2.45, 2.75) is 6.92 Å². The molecular formula is C14H12N2. The Labute approximate surface area is 94.0 Å². The molecule has 0 bridgehead atoms. The van der Waals surface area contributed by atoms with Crippen molar-refractivity contribution in [1.29, 1.82) is 0 Å². The van der Waals surface area contributed by atoms with Crippen LogP contribution in [-0.4, -0.2) is 9.97 Å². The summed E-state index contributed by atoms with van der Waals surface area (Å²) >= 11 is 0. The molecule has 2 heteroatoms. The van der Waals surface area contributed by atoms with Gasteiger partial charge in [-0.25, -0.2) is 4.98 Å². The minimum absolute atomic E-state index is 0.927. The summed E-state index contributed by atoms with van der Waals surface area (Å²) < 4.78 is 0. The van der Waals surface area contributed by atoms with Crippen LogP contribution >= 0.6 is 0 Å². The van der Waals surface area contributed by atoms with Crippen molar-refractivity contribution in [3.05, 3.63) is 54.4 Å². The molecule has 0 amide bonds. The molecule has 0 aliphatic heterocycles. The topological polar surface area (TPSA) is 28.7 Å². The lowest BCUT2D eigenvalue weighted by atomic mass is 10.0. The van der Waals surface area contributed by atoms with Crippen molar-refractivity contribution in [1.82, 2.24) is 9.97 Å². The zero-order valence-electron chi connectivity index (χ0n) is 9.07. The van der Waals surface area contributed by atoms with Crippen molar-refractivity contribution in [2.75, 3.05) is 0 Å². The van der Waals surface area contributed by atoms with Gasteiger partial charge in [0.2, 0.25) is 0 Å². The predicted octanol–water partition coefficient (Wildman–Crippen LogP) is 3.54. The van der Waals surface area contributed by atoms with Gasteiger partial charge < -0.3 is 4.98 Å². The fourth-order valence-electron chi connectivity index (χ4n) is 2.01. The van der Waals surface area contributed by atoms with Crippen LogP contribution in [0.2, 0.25) is 0 Å². The molecule has 0 aliphatic carbocycles. The van der Waals surface area contributed by atoms with Crippen LogP contribution in [0.15, 0.2) is 48.8 Å². The Kier molecular flexibility index (Phi) is 2.00. The van der Waals surface area contributed by atoms with E-state index in [4.69, 9.17) is 0 Å². The van der Waals surface area contributed by atoms with Crippen molar-refractivity contribution in [3.8, 4) is 11.4 Å². The number of H-pyrrole nitrogens is 1. The molecule has 1 aromatic heterocycles. The lowest BCUT2D eigenvalue weighted by molar-refractivity contribution is 1.32. The van der Waals surface area contributed by atoms with Crippen LogP contribution < -0.4 is 0 Å². The highest BCUT2D eigenvalue weighted by molar-refractivity contribution is 5.95. The van der Waals surface area contributed by atoms with Gasteiger partial charge in [-0.15, -0.1) is 0 Å². The number of hydrogen-bond donors (Lipinski definition) is 1. The Morgan fingerprint density at radius 2 is 2.06 bits per heavy atom. The lowest BCUT2D eigenvalue weighted by Crippen LogP contribution is -1.84. The number of hydrogen-bond acceptors (Lipinski definition) is 1. The van der Waals surface area contributed by atoms with Gasteiger partial charge in [0.1, 0.15) is 5.82 Å². The van der Waals surface area contributed by atoms with Gasteiger partial charge in [0, 0.05) is 18.0 Å². The van der Waals surface area contributed by atoms with Crippen molar-refractivity contribution >= 4 is 10.8 Å². The Balaban J connectivity index is 2.36. The molecular weight excluding hydrogens is 196 g/mol. The third-order valence-corrected chi connectivity index (χ3v) is 2.79. The Morgan fingerprint density at radius 3 is 2.88 bits per heavy atom. The van der Waals surface area contributed by atoms with Gasteiger partial charge in [0.05, 0.1) is 0 Å². The number of aromatic nitrogens is 2. The Morgan fingerprint density at radius 1 is 1.12 bits per heavy atom. The molecule has 3 aromatic rings. The van der Waals surface area contributed by atoms with E-state index < -0.39 is 0 Å². The summed E-state index contributed by atoms with van der Waals surface area (Å²) in [6.45, 7) is 2.11. The zero-order valence-corrected chi connectivity index (χ0v) is 9.07. The summed E-state index contributed by atoms with van der Waals surface area (Å²) in [5.74, 6) is 0.927. The minimum atomic E-state index is 0.927. The first kappa shape index (κ1) is 9.16. The number of nitrogens with zero attached hydrogens (tertiary/aromatic N) is 1. The van der Waals surface area contributed by atoms with Crippen LogP contribution in [0.1, 0.15) is 5.56 Å². The van der Waals surface area contributed by atoms with Gasteiger partial charge in [-0.3, -0.25) is 0 Å². The molecule has 0 unspecified atom stereocenters. The fraction of sp³-hybridized carbons (Fsp3) is 0.0714. The SMILES string of the molecule is Cc1ccc2cccc(-c3ncc[nH]3)c2c1. The Bertz CT molecular complexity index is 624. The van der Waals surface area contributed by atoms with Gasteiger partial charge >= 0.3 is 0 Å². The van der Waals surface area contributed by atoms with Gasteiger partial charge in [-0.1, -0.05) is 42.0 Å². The molecule has 1 N–H and O–H groups in total. The van der Waals surface area contributed by atoms with E-state index in [2.05, 4.69) is 53.3 Å². The van der Waals surface area contributed by atoms with Crippen LogP contribution in [0, 0.1) is 6.92 Å². The third-order valence-electron chi connectivity index (χ3n) is 2.79. The molecule has 0 saturated carbocycles. The van der Waals surface area contributed by atoms with Crippen molar-refractivity contribution in [3.63, 3.8) is 0 Å². The van der Waals surface area contributed by atoms with Crippen LogP contribution in [-0.2, 0) is 0 Å². The van der Waals surface area contributed by atoms with E-state index in [1.807, 2.05) is 6.20 Å². The molecule has 0 saturated heterocycles. The molecule has 0 aliphatic rings. The zero-order chi connectivity index (χ0) is 11.0. The van der Waals surface area contributed by atoms with E-state index in [-0.39, 0.29) is 0 Å². The second-order valence-electron chi connectivity index (χ2n) is 3.97. The molecule has 0 radical (unpaired) electrons. The van der Waals surface area contributed by atoms with Crippen LogP contribution in [0.25, 0.3) is 22.2 Å². The van der Waals surface area contributed by atoms with Gasteiger partial charge in [0.15, 0.2) is 0 Å². The van der Waals surface area contributed by atoms with Gasteiger partial charge in [-0.05, 0) is 17.7 Å². The van der Waals surface area contributed by atoms with E-state index in [1.165, 1.54) is 16.3 Å². The van der Waals surface area contributed by atoms with Crippen LogP contribution in [0.4, 0.5) is 0 Å². The average molecular weight is 208 g/mol. The number of imidazole rings is 1. The van der Waals surface area contributed by atoms with Crippen LogP contribution in [0.5, 0.6) is 0 Å². The standard InChI is InChI=1S/C14H12N2/c1-10-5-6-11-3-2-4-12(13(11)9-10)14-15-7-8-16-14/h2-9H,1H3,(H,15,16). The normalized spacial score (nSPS) is 10.8. The monoisotopic (exact) mass is 208 g/mol. The summed E-state index contributed by atoms with van der Waals surface area (Å²) in [6.07, 6.45) is 3.63. The first-order chi connectivity index (χ1) is 7.84. The largest absolute Gasteiger partial charge is 0.345 e. The molecule has 16 heavy (non-hydrogen) atoms. The maximum Gasteiger partial charge on any atom is 0.137 e. The summed E-state index contributed by atoms with van der Waals surface area (Å²) in [5.41, 5.74) is 2.43. The number of aromatic amines is 1. The van der Waals surface area contributed by atoms with Crippen molar-refractivity contribution < 1.29 is 0 Å². The fourth-order valence-corrected chi connectivity index (χ4v) is 2.01. The molecule has 78 valence electrons. The Hall–Kier alpha value is -2.09. The average Bonchev–Trinajstić information content (AvgIpc) is 2.81. The molecule has 2 nitrogen and oxygen atoms in total. The van der Waals surface area contributed by atoms with E-state index in [9.17, 15) is 0 Å². The maximum absolute atomic E-state index is 4.31. The molecule has 0 atom stereocenters. The highest BCUT2D eigenvalue weighted by Crippen LogP contribution is 2.26. The number of nitrogens with one attached hydrogen (secondary N) is 1. The second-order valence-corrected chi connectivity index (χ2v) is 3.97. The number of benzene rings is 2. The molecule has 1 heterocycles. The molecule has 2 aromatic carbocycles. The van der Waals surface area contributed by atoms with E-state index in [1.54, 1.807) is 6.20 Å². The molecule has 0 spiro atoms. The lowest BCUT2D eigenvalue weighted by Gasteiger charge is -2.04. The van der Waals surface area contributed by atoms with Crippen molar-refractivity contribution in [2.24, 2.45) is 0 Å². The highest BCUT2D eigenvalue weighted by atomic mass is 14.9. The van der Waals surface area contributed by atoms with Gasteiger partial charge in [0.25, 0.3) is 0 Å². The maximum atomic E-state index is 4.31. The summed E-state index contributed by atoms with van der Waals surface area (Å²) in [6, 6.07) is 12.8. The molecule has 3 rings (SSSR count). The first-order valence-corrected chi connectivity index (χ1v) is 5.34. The summed E-state index contributed by atoms with van der Waals surface area (Å²) in [7, 11) is 0. The number of aryl methyl sites for hydroxylation is 1. The smallest absolute Gasteiger partial charge is 0.137 e. The summed E-state index contributed by atoms with van der Waals surface area (Å²) in [4.78, 5) is 7.46. The minimum Gasteiger partial charge on any atom is -0.345 e. The second kappa shape index (κ2) is 3.49. The third kappa shape index (κ3) is 1.39. The predicted molar refractivity (Wildman–Crippen MR) is 66.3 cm³/mol. The van der Waals surface area contributed by atoms with E-state index in [0.29, 0.717) is 0 Å².